The third-order valence-electron chi connectivity index (χ3n) is 3.61. The summed E-state index contributed by atoms with van der Waals surface area (Å²) in [6, 6.07) is 7.76. The van der Waals surface area contributed by atoms with Gasteiger partial charge in [0.15, 0.2) is 5.96 Å². The lowest BCUT2D eigenvalue weighted by Gasteiger charge is -2.10. The summed E-state index contributed by atoms with van der Waals surface area (Å²) < 4.78 is 25.9. The van der Waals surface area contributed by atoms with Crippen molar-refractivity contribution >= 4 is 62.6 Å². The Balaban J connectivity index is 0.00000364. The van der Waals surface area contributed by atoms with E-state index in [1.54, 1.807) is 17.4 Å². The zero-order valence-electron chi connectivity index (χ0n) is 16.0. The Labute approximate surface area is 187 Å². The fourth-order valence-electron chi connectivity index (χ4n) is 2.14. The molecular weight excluding hydrogens is 515 g/mol. The van der Waals surface area contributed by atoms with Gasteiger partial charge in [-0.15, -0.1) is 46.7 Å². The molecule has 2 N–H and O–H groups in total. The molecule has 0 fully saturated rings. The number of aryl methyl sites for hydroxylation is 1. The maximum absolute atomic E-state index is 12.2. The second kappa shape index (κ2) is 11.3. The number of aliphatic imine (C=N–C) groups is 1. The molecule has 0 atom stereocenters. The van der Waals surface area contributed by atoms with E-state index >= 15 is 0 Å². The number of halogens is 1. The van der Waals surface area contributed by atoms with Gasteiger partial charge in [-0.1, -0.05) is 6.92 Å². The molecule has 0 radical (unpaired) electrons. The van der Waals surface area contributed by atoms with Crippen LogP contribution in [0.2, 0.25) is 0 Å². The van der Waals surface area contributed by atoms with Gasteiger partial charge in [0, 0.05) is 35.3 Å². The Morgan fingerprint density at radius 2 is 1.70 bits per heavy atom. The topological polar surface area (TPSA) is 73.8 Å². The molecule has 2 heterocycles. The normalized spacial score (nSPS) is 12.1. The summed E-state index contributed by atoms with van der Waals surface area (Å²) in [5.74, 6) is 0.726. The first-order valence-corrected chi connectivity index (χ1v) is 11.5. The molecule has 0 saturated carbocycles. The van der Waals surface area contributed by atoms with Crippen LogP contribution in [0.5, 0.6) is 0 Å². The lowest BCUT2D eigenvalue weighted by atomic mass is 10.4. The minimum atomic E-state index is -3.37. The largest absolute Gasteiger partial charge is 0.357 e. The summed E-state index contributed by atoms with van der Waals surface area (Å²) in [6.45, 7) is 6.09. The van der Waals surface area contributed by atoms with Crippen LogP contribution in [0.25, 0.3) is 0 Å². The van der Waals surface area contributed by atoms with Gasteiger partial charge in [0.05, 0.1) is 13.1 Å². The Kier molecular flexibility index (Phi) is 10.2. The number of nitrogens with zero attached hydrogens (tertiary/aromatic N) is 2. The molecule has 2 aromatic heterocycles. The summed E-state index contributed by atoms with van der Waals surface area (Å²) in [4.78, 5) is 8.15. The maximum atomic E-state index is 12.2. The van der Waals surface area contributed by atoms with Crippen molar-refractivity contribution in [3.05, 3.63) is 38.9 Å². The van der Waals surface area contributed by atoms with E-state index in [1.807, 2.05) is 13.0 Å². The van der Waals surface area contributed by atoms with E-state index in [1.165, 1.54) is 39.5 Å². The molecule has 0 spiro atoms. The third kappa shape index (κ3) is 7.00. The van der Waals surface area contributed by atoms with E-state index in [0.29, 0.717) is 17.3 Å². The summed E-state index contributed by atoms with van der Waals surface area (Å²) in [7, 11) is -0.294. The number of rotatable bonds is 8. The van der Waals surface area contributed by atoms with E-state index in [9.17, 15) is 8.42 Å². The molecule has 0 amide bonds. The number of guanidine groups is 1. The Morgan fingerprint density at radius 1 is 1.04 bits per heavy atom. The fourth-order valence-corrected chi connectivity index (χ4v) is 5.49. The highest BCUT2D eigenvalue weighted by molar-refractivity contribution is 14.0. The molecule has 27 heavy (non-hydrogen) atoms. The van der Waals surface area contributed by atoms with Crippen molar-refractivity contribution in [2.75, 3.05) is 20.6 Å². The molecule has 10 heteroatoms. The minimum Gasteiger partial charge on any atom is -0.357 e. The van der Waals surface area contributed by atoms with Gasteiger partial charge in [-0.05, 0) is 37.6 Å². The molecule has 0 bridgehead atoms. The molecule has 2 aromatic rings. The van der Waals surface area contributed by atoms with Crippen molar-refractivity contribution in [2.24, 2.45) is 4.99 Å². The average Bonchev–Trinajstić information content (AvgIpc) is 3.26. The molecule has 6 nitrogen and oxygen atoms in total. The van der Waals surface area contributed by atoms with Gasteiger partial charge >= 0.3 is 0 Å². The van der Waals surface area contributed by atoms with E-state index in [-0.39, 0.29) is 24.0 Å². The van der Waals surface area contributed by atoms with Crippen LogP contribution in [0, 0.1) is 0 Å². The van der Waals surface area contributed by atoms with Gasteiger partial charge in [-0.3, -0.25) is 0 Å². The van der Waals surface area contributed by atoms with Gasteiger partial charge < -0.3 is 10.6 Å². The lowest BCUT2D eigenvalue weighted by Crippen LogP contribution is -2.36. The first-order valence-electron chi connectivity index (χ1n) is 8.47. The van der Waals surface area contributed by atoms with Crippen LogP contribution in [0.15, 0.2) is 33.5 Å². The average molecular weight is 543 g/mol. The van der Waals surface area contributed by atoms with Crippen molar-refractivity contribution in [3.8, 4) is 0 Å². The highest BCUT2D eigenvalue weighted by Crippen LogP contribution is 2.23. The summed E-state index contributed by atoms with van der Waals surface area (Å²) in [5, 5.41) is 6.49. The molecule has 2 rings (SSSR count). The molecular formula is C17H27IN4O2S3. The molecule has 0 aliphatic heterocycles. The second-order valence-electron chi connectivity index (χ2n) is 5.78. The lowest BCUT2D eigenvalue weighted by molar-refractivity contribution is 0.523. The van der Waals surface area contributed by atoms with Crippen LogP contribution in [0.3, 0.4) is 0 Å². The van der Waals surface area contributed by atoms with Crippen LogP contribution >= 0.6 is 46.7 Å². The standard InChI is InChI=1S/C17H26N4O2S3.HI/c1-5-13-7-8-14(24-13)11-19-17(18-6-2)20-12-15-9-10-16(25-15)26(22,23)21(3)4;/h7-10H,5-6,11-12H2,1-4H3,(H2,18,19,20);1H. The van der Waals surface area contributed by atoms with Gasteiger partial charge in [-0.25, -0.2) is 17.7 Å². The third-order valence-corrected chi connectivity index (χ3v) is 8.19. The quantitative estimate of drug-likeness (QED) is 0.304. The highest BCUT2D eigenvalue weighted by Gasteiger charge is 2.19. The molecule has 0 saturated heterocycles. The number of thiophene rings is 2. The maximum Gasteiger partial charge on any atom is 0.252 e. The van der Waals surface area contributed by atoms with Crippen LogP contribution in [-0.4, -0.2) is 39.3 Å². The Morgan fingerprint density at radius 3 is 2.30 bits per heavy atom. The fraction of sp³-hybridized carbons (Fsp3) is 0.471. The number of nitrogens with one attached hydrogen (secondary N) is 2. The van der Waals surface area contributed by atoms with Crippen LogP contribution < -0.4 is 10.6 Å². The minimum absolute atomic E-state index is 0. The number of sulfonamides is 1. The van der Waals surface area contributed by atoms with Crippen LogP contribution in [0.4, 0.5) is 0 Å². The molecule has 0 unspecified atom stereocenters. The van der Waals surface area contributed by atoms with E-state index in [2.05, 4.69) is 34.7 Å². The van der Waals surface area contributed by atoms with Crippen LogP contribution in [-0.2, 0) is 29.5 Å². The van der Waals surface area contributed by atoms with E-state index in [0.717, 1.165) is 23.8 Å². The first kappa shape index (κ1) is 24.3. The van der Waals surface area contributed by atoms with Gasteiger partial charge in [0.2, 0.25) is 0 Å². The van der Waals surface area contributed by atoms with Crippen molar-refractivity contribution < 1.29 is 8.42 Å². The molecule has 0 aromatic carbocycles. The Hall–Kier alpha value is -0.690. The second-order valence-corrected chi connectivity index (χ2v) is 10.6. The van der Waals surface area contributed by atoms with E-state index < -0.39 is 10.0 Å². The van der Waals surface area contributed by atoms with Crippen LogP contribution in [0.1, 0.15) is 28.5 Å². The summed E-state index contributed by atoms with van der Waals surface area (Å²) >= 11 is 3.06. The van der Waals surface area contributed by atoms with Gasteiger partial charge in [-0.2, -0.15) is 0 Å². The SMILES string of the molecule is CCNC(=NCc1ccc(CC)s1)NCc1ccc(S(=O)(=O)N(C)C)s1.I. The van der Waals surface area contributed by atoms with Crippen molar-refractivity contribution in [3.63, 3.8) is 0 Å². The van der Waals surface area contributed by atoms with E-state index in [4.69, 9.17) is 0 Å². The highest BCUT2D eigenvalue weighted by atomic mass is 127. The summed E-state index contributed by atoms with van der Waals surface area (Å²) in [6.07, 6.45) is 1.04. The Bertz CT molecular complexity index is 844. The zero-order valence-corrected chi connectivity index (χ0v) is 20.8. The first-order chi connectivity index (χ1) is 12.4. The van der Waals surface area contributed by atoms with Crippen molar-refractivity contribution in [2.45, 2.75) is 37.6 Å². The number of hydrogen-bond acceptors (Lipinski definition) is 5. The predicted molar refractivity (Wildman–Crippen MR) is 126 cm³/mol. The summed E-state index contributed by atoms with van der Waals surface area (Å²) in [5.41, 5.74) is 0. The van der Waals surface area contributed by atoms with Crippen molar-refractivity contribution in [1.29, 1.82) is 0 Å². The monoisotopic (exact) mass is 542 g/mol. The molecule has 0 aliphatic carbocycles. The van der Waals surface area contributed by atoms with Gasteiger partial charge in [0.1, 0.15) is 4.21 Å². The zero-order chi connectivity index (χ0) is 19.2. The predicted octanol–water partition coefficient (Wildman–Crippen LogP) is 3.50. The number of hydrogen-bond donors (Lipinski definition) is 2. The smallest absolute Gasteiger partial charge is 0.252 e. The van der Waals surface area contributed by atoms with Gasteiger partial charge in [0.25, 0.3) is 10.0 Å². The van der Waals surface area contributed by atoms with Crippen molar-refractivity contribution in [1.82, 2.24) is 14.9 Å². The molecule has 152 valence electrons. The molecule has 0 aliphatic rings.